The van der Waals surface area contributed by atoms with E-state index in [9.17, 15) is 4.79 Å². The SMILES string of the molecule is CCOc1ccc(NC(=S)N(Cc2cccs2)Cc2cc3cc(OCC)ccc3[nH]c2=O)cc1. The zero-order valence-electron chi connectivity index (χ0n) is 19.2. The van der Waals surface area contributed by atoms with E-state index in [0.717, 1.165) is 33.0 Å². The topological polar surface area (TPSA) is 66.6 Å². The molecule has 0 aliphatic rings. The fourth-order valence-corrected chi connectivity index (χ4v) is 4.57. The van der Waals surface area contributed by atoms with E-state index in [-0.39, 0.29) is 5.56 Å². The summed E-state index contributed by atoms with van der Waals surface area (Å²) in [7, 11) is 0. The Morgan fingerprint density at radius 3 is 2.44 bits per heavy atom. The number of aromatic nitrogens is 1. The number of hydrogen-bond acceptors (Lipinski definition) is 5. The molecule has 2 aromatic heterocycles. The van der Waals surface area contributed by atoms with E-state index in [4.69, 9.17) is 21.7 Å². The third kappa shape index (κ3) is 5.95. The van der Waals surface area contributed by atoms with Gasteiger partial charge in [-0.2, -0.15) is 0 Å². The van der Waals surface area contributed by atoms with E-state index in [2.05, 4.69) is 16.4 Å². The highest BCUT2D eigenvalue weighted by atomic mass is 32.1. The maximum Gasteiger partial charge on any atom is 0.253 e. The number of benzene rings is 2. The number of ether oxygens (including phenoxy) is 2. The van der Waals surface area contributed by atoms with E-state index >= 15 is 0 Å². The van der Waals surface area contributed by atoms with Gasteiger partial charge in [-0.05, 0) is 86.0 Å². The van der Waals surface area contributed by atoms with Gasteiger partial charge in [0.15, 0.2) is 5.11 Å². The lowest BCUT2D eigenvalue weighted by atomic mass is 10.1. The molecule has 2 aromatic carbocycles. The summed E-state index contributed by atoms with van der Waals surface area (Å²) < 4.78 is 11.1. The van der Waals surface area contributed by atoms with Crippen LogP contribution in [0, 0.1) is 0 Å². The molecule has 2 heterocycles. The van der Waals surface area contributed by atoms with E-state index < -0.39 is 0 Å². The summed E-state index contributed by atoms with van der Waals surface area (Å²) in [5, 5.41) is 6.80. The molecule has 0 amide bonds. The lowest BCUT2D eigenvalue weighted by Crippen LogP contribution is -2.35. The first-order valence-electron chi connectivity index (χ1n) is 11.2. The second kappa shape index (κ2) is 11.2. The van der Waals surface area contributed by atoms with Gasteiger partial charge in [-0.1, -0.05) is 6.07 Å². The van der Waals surface area contributed by atoms with Crippen molar-refractivity contribution in [2.75, 3.05) is 18.5 Å². The summed E-state index contributed by atoms with van der Waals surface area (Å²) in [6.45, 7) is 6.06. The first-order valence-corrected chi connectivity index (χ1v) is 12.4. The molecule has 6 nitrogen and oxygen atoms in total. The van der Waals surface area contributed by atoms with Crippen molar-refractivity contribution >= 4 is 45.3 Å². The van der Waals surface area contributed by atoms with E-state index in [1.165, 1.54) is 0 Å². The molecular formula is C26H27N3O3S2. The number of fused-ring (bicyclic) bond motifs is 1. The van der Waals surface area contributed by atoms with Gasteiger partial charge in [0.05, 0.1) is 26.3 Å². The minimum absolute atomic E-state index is 0.128. The maximum atomic E-state index is 12.9. The number of thiocarbonyl (C=S) groups is 1. The van der Waals surface area contributed by atoms with Crippen molar-refractivity contribution in [2.24, 2.45) is 0 Å². The Labute approximate surface area is 208 Å². The third-order valence-corrected chi connectivity index (χ3v) is 6.42. The second-order valence-electron chi connectivity index (χ2n) is 7.63. The molecule has 0 aliphatic carbocycles. The number of pyridine rings is 1. The van der Waals surface area contributed by atoms with E-state index in [1.54, 1.807) is 11.3 Å². The number of rotatable bonds is 9. The number of nitrogens with zero attached hydrogens (tertiary/aromatic N) is 1. The van der Waals surface area contributed by atoms with Crippen molar-refractivity contribution in [3.63, 3.8) is 0 Å². The number of nitrogens with one attached hydrogen (secondary N) is 2. The van der Waals surface area contributed by atoms with Gasteiger partial charge < -0.3 is 24.7 Å². The Kier molecular flexibility index (Phi) is 7.82. The van der Waals surface area contributed by atoms with Gasteiger partial charge in [-0.25, -0.2) is 0 Å². The lowest BCUT2D eigenvalue weighted by Gasteiger charge is -2.25. The number of H-pyrrole nitrogens is 1. The van der Waals surface area contributed by atoms with Gasteiger partial charge in [0, 0.05) is 27.0 Å². The summed E-state index contributed by atoms with van der Waals surface area (Å²) in [6.07, 6.45) is 0. The van der Waals surface area contributed by atoms with E-state index in [1.807, 2.05) is 78.7 Å². The van der Waals surface area contributed by atoms with Crippen LogP contribution in [-0.4, -0.2) is 28.2 Å². The minimum atomic E-state index is -0.128. The van der Waals surface area contributed by atoms with Crippen LogP contribution in [0.1, 0.15) is 24.3 Å². The minimum Gasteiger partial charge on any atom is -0.494 e. The van der Waals surface area contributed by atoms with Crippen molar-refractivity contribution in [3.05, 3.63) is 86.8 Å². The highest BCUT2D eigenvalue weighted by Crippen LogP contribution is 2.22. The first-order chi connectivity index (χ1) is 16.6. The van der Waals surface area contributed by atoms with Crippen LogP contribution in [0.5, 0.6) is 11.5 Å². The molecule has 8 heteroatoms. The Morgan fingerprint density at radius 1 is 1.00 bits per heavy atom. The van der Waals surface area contributed by atoms with Gasteiger partial charge in [-0.15, -0.1) is 11.3 Å². The van der Waals surface area contributed by atoms with Crippen LogP contribution in [-0.2, 0) is 13.1 Å². The number of aromatic amines is 1. The first kappa shape index (κ1) is 23.8. The summed E-state index contributed by atoms with van der Waals surface area (Å²) >= 11 is 7.42. The zero-order chi connectivity index (χ0) is 23.9. The second-order valence-corrected chi connectivity index (χ2v) is 9.05. The van der Waals surface area contributed by atoms with Gasteiger partial charge >= 0.3 is 0 Å². The van der Waals surface area contributed by atoms with Gasteiger partial charge in [0.25, 0.3) is 5.56 Å². The lowest BCUT2D eigenvalue weighted by molar-refractivity contribution is 0.340. The van der Waals surface area contributed by atoms with Crippen LogP contribution in [0.15, 0.2) is 70.8 Å². The van der Waals surface area contributed by atoms with E-state index in [0.29, 0.717) is 37.0 Å². The highest BCUT2D eigenvalue weighted by Gasteiger charge is 2.15. The molecule has 34 heavy (non-hydrogen) atoms. The molecule has 0 fully saturated rings. The molecule has 0 bridgehead atoms. The monoisotopic (exact) mass is 493 g/mol. The quantitative estimate of drug-likeness (QED) is 0.288. The smallest absolute Gasteiger partial charge is 0.253 e. The molecule has 0 radical (unpaired) electrons. The molecule has 0 spiro atoms. The Morgan fingerprint density at radius 2 is 1.74 bits per heavy atom. The molecule has 0 aliphatic heterocycles. The van der Waals surface area contributed by atoms with Crippen LogP contribution in [0.25, 0.3) is 10.9 Å². The van der Waals surface area contributed by atoms with Gasteiger partial charge in [-0.3, -0.25) is 4.79 Å². The van der Waals surface area contributed by atoms with Gasteiger partial charge in [0.1, 0.15) is 11.5 Å². The fourth-order valence-electron chi connectivity index (χ4n) is 3.60. The summed E-state index contributed by atoms with van der Waals surface area (Å²) in [6, 6.07) is 19.3. The molecule has 2 N–H and O–H groups in total. The molecule has 0 atom stereocenters. The summed E-state index contributed by atoms with van der Waals surface area (Å²) in [5.41, 5.74) is 2.14. The molecule has 176 valence electrons. The molecule has 0 saturated carbocycles. The van der Waals surface area contributed by atoms with Crippen molar-refractivity contribution in [3.8, 4) is 11.5 Å². The van der Waals surface area contributed by atoms with Crippen LogP contribution < -0.4 is 20.3 Å². The van der Waals surface area contributed by atoms with Crippen LogP contribution in [0.2, 0.25) is 0 Å². The Balaban J connectivity index is 1.59. The van der Waals surface area contributed by atoms with Crippen molar-refractivity contribution in [1.29, 1.82) is 0 Å². The molecule has 4 aromatic rings. The van der Waals surface area contributed by atoms with Crippen molar-refractivity contribution in [2.45, 2.75) is 26.9 Å². The largest absolute Gasteiger partial charge is 0.494 e. The predicted molar refractivity (Wildman–Crippen MR) is 143 cm³/mol. The van der Waals surface area contributed by atoms with Crippen LogP contribution in [0.3, 0.4) is 0 Å². The van der Waals surface area contributed by atoms with Crippen molar-refractivity contribution < 1.29 is 9.47 Å². The fraction of sp³-hybridized carbons (Fsp3) is 0.231. The average molecular weight is 494 g/mol. The molecule has 0 unspecified atom stereocenters. The third-order valence-electron chi connectivity index (χ3n) is 5.20. The van der Waals surface area contributed by atoms with Crippen LogP contribution >= 0.6 is 23.6 Å². The van der Waals surface area contributed by atoms with Crippen molar-refractivity contribution in [1.82, 2.24) is 9.88 Å². The maximum absolute atomic E-state index is 12.9. The standard InChI is InChI=1S/C26H27N3O3S2/c1-3-31-21-9-7-20(8-10-21)27-26(33)29(17-23-6-5-13-34-23)16-19-14-18-15-22(32-4-2)11-12-24(18)28-25(19)30/h5-15H,3-4,16-17H2,1-2H3,(H,27,33)(H,28,30). The average Bonchev–Trinajstić information content (AvgIpc) is 3.34. The molecule has 4 rings (SSSR count). The summed E-state index contributed by atoms with van der Waals surface area (Å²) in [5.74, 6) is 1.58. The number of thiophene rings is 1. The predicted octanol–water partition coefficient (Wildman–Crippen LogP) is 5.79. The number of hydrogen-bond donors (Lipinski definition) is 2. The Bertz CT molecular complexity index is 1300. The summed E-state index contributed by atoms with van der Waals surface area (Å²) in [4.78, 5) is 19.0. The van der Waals surface area contributed by atoms with Crippen LogP contribution in [0.4, 0.5) is 5.69 Å². The zero-order valence-corrected chi connectivity index (χ0v) is 20.8. The van der Waals surface area contributed by atoms with Gasteiger partial charge in [0.2, 0.25) is 0 Å². The molecular weight excluding hydrogens is 466 g/mol. The Hall–Kier alpha value is -3.36. The number of anilines is 1. The molecule has 0 saturated heterocycles. The normalized spacial score (nSPS) is 10.8. The highest BCUT2D eigenvalue weighted by molar-refractivity contribution is 7.80.